The van der Waals surface area contributed by atoms with Gasteiger partial charge in [-0.2, -0.15) is 8.42 Å². The second-order valence-electron chi connectivity index (χ2n) is 13.2. The Kier molecular flexibility index (Phi) is 5.71. The predicted molar refractivity (Wildman–Crippen MR) is 130 cm³/mol. The number of fused-ring (bicyclic) bond motifs is 7. The molecule has 2 N–H and O–H groups in total. The molecule has 5 fully saturated rings. The SMILES string of the molecule is C[C@H]1CC[C@@]2(OC1)O[C@H]1C[C@H]3[C@@H]4C(=O)C=C5C[C@@H](O)C[C@@H](OS(=O)(=O)O)[C@]5(C)[C@H]4CC[C@]3(C)[C@H]1[C@@H]2C. The number of hydrogen-bond donors (Lipinski definition) is 2. The molecule has 3 saturated carbocycles. The summed E-state index contributed by atoms with van der Waals surface area (Å²) in [5.74, 6) is 0.391. The Morgan fingerprint density at radius 1 is 1.11 bits per heavy atom. The zero-order valence-electron chi connectivity index (χ0n) is 21.7. The molecule has 0 aromatic rings. The van der Waals surface area contributed by atoms with Gasteiger partial charge >= 0.3 is 10.4 Å². The molecule has 6 aliphatic rings. The minimum atomic E-state index is -4.71. The molecule has 0 bridgehead atoms. The van der Waals surface area contributed by atoms with E-state index in [1.807, 2.05) is 6.92 Å². The van der Waals surface area contributed by atoms with E-state index in [2.05, 4.69) is 20.8 Å². The van der Waals surface area contributed by atoms with E-state index in [1.165, 1.54) is 0 Å². The molecule has 36 heavy (non-hydrogen) atoms. The van der Waals surface area contributed by atoms with Gasteiger partial charge in [0.25, 0.3) is 0 Å². The number of rotatable bonds is 2. The van der Waals surface area contributed by atoms with Crippen molar-refractivity contribution in [3.8, 4) is 0 Å². The Hall–Kier alpha value is -0.840. The molecular weight excluding hydrogens is 484 g/mol. The number of aliphatic hydroxyl groups is 1. The second-order valence-corrected chi connectivity index (χ2v) is 14.3. The zero-order valence-corrected chi connectivity index (χ0v) is 22.5. The van der Waals surface area contributed by atoms with Crippen LogP contribution in [-0.4, -0.2) is 54.6 Å². The average molecular weight is 525 g/mol. The van der Waals surface area contributed by atoms with Crippen LogP contribution in [0, 0.1) is 46.3 Å². The van der Waals surface area contributed by atoms with Gasteiger partial charge in [0.15, 0.2) is 11.6 Å². The molecule has 4 aliphatic carbocycles. The first-order chi connectivity index (χ1) is 16.8. The van der Waals surface area contributed by atoms with Crippen LogP contribution in [0.2, 0.25) is 0 Å². The van der Waals surface area contributed by atoms with Gasteiger partial charge in [-0.1, -0.05) is 33.3 Å². The molecule has 202 valence electrons. The number of hydrogen-bond acceptors (Lipinski definition) is 7. The summed E-state index contributed by atoms with van der Waals surface area (Å²) in [6.45, 7) is 9.50. The molecule has 0 aromatic carbocycles. The number of carbonyl (C=O) groups is 1. The molecule has 2 aliphatic heterocycles. The fraction of sp³-hybridized carbons (Fsp3) is 0.889. The molecule has 8 nitrogen and oxygen atoms in total. The summed E-state index contributed by atoms with van der Waals surface area (Å²) in [5, 5.41) is 10.4. The third-order valence-corrected chi connectivity index (χ3v) is 12.0. The highest BCUT2D eigenvalue weighted by Crippen LogP contribution is 2.70. The maximum atomic E-state index is 13.7. The van der Waals surface area contributed by atoms with Crippen molar-refractivity contribution in [2.75, 3.05) is 6.61 Å². The molecule has 1 spiro atoms. The lowest BCUT2D eigenvalue weighted by atomic mass is 9.46. The highest BCUT2D eigenvalue weighted by molar-refractivity contribution is 7.80. The third kappa shape index (κ3) is 3.49. The first-order valence-electron chi connectivity index (χ1n) is 13.7. The van der Waals surface area contributed by atoms with Crippen molar-refractivity contribution in [3.63, 3.8) is 0 Å². The topological polar surface area (TPSA) is 119 Å². The van der Waals surface area contributed by atoms with E-state index in [1.54, 1.807) is 6.08 Å². The Morgan fingerprint density at radius 2 is 1.86 bits per heavy atom. The lowest BCUT2D eigenvalue weighted by molar-refractivity contribution is -0.272. The highest BCUT2D eigenvalue weighted by atomic mass is 32.3. The summed E-state index contributed by atoms with van der Waals surface area (Å²) in [6, 6.07) is 0. The standard InChI is InChI=1S/C27H40O8S/c1-14-5-8-27(33-13-14)15(2)24-21(34-27)12-19-23-18(6-7-25(19,24)3)26(4)16(10-20(23)29)9-17(28)11-22(26)35-36(30,31)32/h10,14-15,17-19,21-24,28H,5-9,11-13H2,1-4H3,(H,30,31,32)/t14-,15-,17+,18-,19-,21-,22+,23+,24-,25-,26-,27+/m0/s1. The third-order valence-electron chi connectivity index (χ3n) is 11.5. The van der Waals surface area contributed by atoms with Gasteiger partial charge in [-0.15, -0.1) is 0 Å². The molecule has 0 aromatic heterocycles. The van der Waals surface area contributed by atoms with Crippen LogP contribution in [0.4, 0.5) is 0 Å². The smallest absolute Gasteiger partial charge is 0.393 e. The molecular formula is C27H40O8S. The molecule has 12 atom stereocenters. The molecule has 2 saturated heterocycles. The van der Waals surface area contributed by atoms with E-state index >= 15 is 0 Å². The Balaban J connectivity index is 1.34. The lowest BCUT2D eigenvalue weighted by Gasteiger charge is -2.59. The normalized spacial score (nSPS) is 54.4. The van der Waals surface area contributed by atoms with Crippen molar-refractivity contribution in [1.29, 1.82) is 0 Å². The van der Waals surface area contributed by atoms with E-state index in [0.717, 1.165) is 44.3 Å². The maximum Gasteiger partial charge on any atom is 0.397 e. The summed E-state index contributed by atoms with van der Waals surface area (Å²) in [7, 11) is -4.71. The lowest BCUT2D eigenvalue weighted by Crippen LogP contribution is -2.59. The molecule has 2 heterocycles. The largest absolute Gasteiger partial charge is 0.397 e. The average Bonchev–Trinajstić information content (AvgIpc) is 3.21. The summed E-state index contributed by atoms with van der Waals surface area (Å²) >= 11 is 0. The van der Waals surface area contributed by atoms with Crippen molar-refractivity contribution >= 4 is 16.2 Å². The second kappa shape index (κ2) is 8.09. The Morgan fingerprint density at radius 3 is 2.53 bits per heavy atom. The number of carbonyl (C=O) groups excluding carboxylic acids is 1. The molecule has 0 unspecified atom stereocenters. The minimum absolute atomic E-state index is 0.0474. The van der Waals surface area contributed by atoms with Gasteiger partial charge in [0.2, 0.25) is 0 Å². The summed E-state index contributed by atoms with van der Waals surface area (Å²) < 4.78 is 51.4. The van der Waals surface area contributed by atoms with Gasteiger partial charge in [0, 0.05) is 30.1 Å². The Labute approximate surface area is 214 Å². The zero-order chi connectivity index (χ0) is 25.8. The van der Waals surface area contributed by atoms with Crippen LogP contribution in [0.5, 0.6) is 0 Å². The van der Waals surface area contributed by atoms with E-state index < -0.39 is 33.8 Å². The summed E-state index contributed by atoms with van der Waals surface area (Å²) in [4.78, 5) is 13.7. The molecule has 6 rings (SSSR count). The van der Waals surface area contributed by atoms with Crippen molar-refractivity contribution in [1.82, 2.24) is 0 Å². The molecule has 0 radical (unpaired) electrons. The van der Waals surface area contributed by atoms with Crippen LogP contribution < -0.4 is 0 Å². The van der Waals surface area contributed by atoms with Crippen LogP contribution in [0.3, 0.4) is 0 Å². The number of ether oxygens (including phenoxy) is 2. The van der Waals surface area contributed by atoms with E-state index in [-0.39, 0.29) is 47.4 Å². The number of aliphatic hydroxyl groups excluding tert-OH is 1. The van der Waals surface area contributed by atoms with Gasteiger partial charge in [0.1, 0.15) is 0 Å². The van der Waals surface area contributed by atoms with Gasteiger partial charge < -0.3 is 14.6 Å². The fourth-order valence-electron chi connectivity index (χ4n) is 9.73. The van der Waals surface area contributed by atoms with Crippen molar-refractivity contribution in [2.24, 2.45) is 46.3 Å². The fourth-order valence-corrected chi connectivity index (χ4v) is 10.3. The van der Waals surface area contributed by atoms with Gasteiger partial charge in [-0.3, -0.25) is 9.35 Å². The van der Waals surface area contributed by atoms with E-state index in [4.69, 9.17) is 13.7 Å². The summed E-state index contributed by atoms with van der Waals surface area (Å²) in [5.41, 5.74) is -0.0778. The van der Waals surface area contributed by atoms with Crippen LogP contribution in [0.1, 0.15) is 72.6 Å². The number of ketones is 1. The molecule has 0 amide bonds. The van der Waals surface area contributed by atoms with E-state index in [0.29, 0.717) is 18.3 Å². The summed E-state index contributed by atoms with van der Waals surface area (Å²) in [6.07, 6.45) is 4.89. The van der Waals surface area contributed by atoms with Crippen LogP contribution in [-0.2, 0) is 28.9 Å². The van der Waals surface area contributed by atoms with Crippen LogP contribution in [0.15, 0.2) is 11.6 Å². The van der Waals surface area contributed by atoms with Crippen LogP contribution in [0.25, 0.3) is 0 Å². The van der Waals surface area contributed by atoms with Gasteiger partial charge in [-0.25, -0.2) is 4.18 Å². The van der Waals surface area contributed by atoms with Crippen LogP contribution >= 0.6 is 0 Å². The Bertz CT molecular complexity index is 1080. The number of allylic oxidation sites excluding steroid dienone is 1. The predicted octanol–water partition coefficient (Wildman–Crippen LogP) is 3.69. The van der Waals surface area contributed by atoms with E-state index in [9.17, 15) is 22.9 Å². The quantitative estimate of drug-likeness (QED) is 0.525. The monoisotopic (exact) mass is 524 g/mol. The highest BCUT2D eigenvalue weighted by Gasteiger charge is 2.70. The van der Waals surface area contributed by atoms with Crippen molar-refractivity contribution in [3.05, 3.63) is 11.6 Å². The van der Waals surface area contributed by atoms with Crippen molar-refractivity contribution in [2.45, 2.75) is 96.7 Å². The van der Waals surface area contributed by atoms with Crippen molar-refractivity contribution < 1.29 is 36.5 Å². The first kappa shape index (κ1) is 25.4. The van der Waals surface area contributed by atoms with Gasteiger partial charge in [-0.05, 0) is 67.3 Å². The molecule has 9 heteroatoms. The minimum Gasteiger partial charge on any atom is -0.393 e. The maximum absolute atomic E-state index is 13.7. The first-order valence-corrected chi connectivity index (χ1v) is 15.1. The van der Waals surface area contributed by atoms with Gasteiger partial charge in [0.05, 0.1) is 24.9 Å².